The number of benzene rings is 2. The molecule has 2 amide bonds. The SMILES string of the molecule is CCc1ccccc1OCNC(=O)Nc1ccc(S(N)(=O)=O)cc1. The lowest BCUT2D eigenvalue weighted by atomic mass is 10.1. The first-order chi connectivity index (χ1) is 11.4. The maximum absolute atomic E-state index is 11.8. The van der Waals surface area contributed by atoms with E-state index >= 15 is 0 Å². The topological polar surface area (TPSA) is 111 Å². The molecule has 0 aliphatic rings. The van der Waals surface area contributed by atoms with E-state index in [1.54, 1.807) is 0 Å². The molecule has 2 aromatic carbocycles. The van der Waals surface area contributed by atoms with Crippen LogP contribution in [0.25, 0.3) is 0 Å². The number of amides is 2. The summed E-state index contributed by atoms with van der Waals surface area (Å²) in [7, 11) is -3.75. The Labute approximate surface area is 140 Å². The van der Waals surface area contributed by atoms with Gasteiger partial charge in [-0.05, 0) is 42.3 Å². The van der Waals surface area contributed by atoms with E-state index in [1.807, 2.05) is 31.2 Å². The molecular formula is C16H19N3O4S. The second kappa shape index (κ2) is 7.80. The van der Waals surface area contributed by atoms with Crippen LogP contribution in [0.3, 0.4) is 0 Å². The summed E-state index contributed by atoms with van der Waals surface area (Å²) in [6.07, 6.45) is 0.832. The monoisotopic (exact) mass is 349 g/mol. The molecule has 0 atom stereocenters. The number of nitrogens with two attached hydrogens (primary N) is 1. The fourth-order valence-corrected chi connectivity index (χ4v) is 2.53. The number of aryl methyl sites for hydroxylation is 1. The van der Waals surface area contributed by atoms with Gasteiger partial charge in [0.15, 0.2) is 6.73 Å². The van der Waals surface area contributed by atoms with Crippen LogP contribution in [-0.4, -0.2) is 21.2 Å². The van der Waals surface area contributed by atoms with E-state index in [1.165, 1.54) is 24.3 Å². The quantitative estimate of drug-likeness (QED) is 0.693. The molecule has 0 aromatic heterocycles. The third kappa shape index (κ3) is 4.97. The lowest BCUT2D eigenvalue weighted by molar-refractivity contribution is 0.234. The van der Waals surface area contributed by atoms with E-state index in [9.17, 15) is 13.2 Å². The van der Waals surface area contributed by atoms with Crippen LogP contribution in [0.4, 0.5) is 10.5 Å². The minimum absolute atomic E-state index is 0.0120. The van der Waals surface area contributed by atoms with Crippen molar-refractivity contribution in [3.8, 4) is 5.75 Å². The van der Waals surface area contributed by atoms with Crippen LogP contribution in [0, 0.1) is 0 Å². The molecule has 2 aromatic rings. The number of nitrogens with one attached hydrogen (secondary N) is 2. The predicted molar refractivity (Wildman–Crippen MR) is 91.3 cm³/mol. The maximum Gasteiger partial charge on any atom is 0.321 e. The number of hydrogen-bond donors (Lipinski definition) is 3. The van der Waals surface area contributed by atoms with Crippen molar-refractivity contribution in [1.82, 2.24) is 5.32 Å². The fourth-order valence-electron chi connectivity index (χ4n) is 2.02. The van der Waals surface area contributed by atoms with Crippen LogP contribution in [0.2, 0.25) is 0 Å². The first-order valence-electron chi connectivity index (χ1n) is 7.28. The highest BCUT2D eigenvalue weighted by Gasteiger charge is 2.08. The number of hydrogen-bond acceptors (Lipinski definition) is 4. The van der Waals surface area contributed by atoms with Gasteiger partial charge in [-0.1, -0.05) is 25.1 Å². The molecule has 0 radical (unpaired) electrons. The number of carbonyl (C=O) groups excluding carboxylic acids is 1. The lowest BCUT2D eigenvalue weighted by Crippen LogP contribution is -2.32. The maximum atomic E-state index is 11.8. The highest BCUT2D eigenvalue weighted by Crippen LogP contribution is 2.17. The number of primary sulfonamides is 1. The summed E-state index contributed by atoms with van der Waals surface area (Å²) in [5.74, 6) is 0.720. The number of sulfonamides is 1. The summed E-state index contributed by atoms with van der Waals surface area (Å²) >= 11 is 0. The average Bonchev–Trinajstić information content (AvgIpc) is 2.55. The molecule has 0 aliphatic heterocycles. The number of anilines is 1. The molecular weight excluding hydrogens is 330 g/mol. The van der Waals surface area contributed by atoms with Gasteiger partial charge in [-0.15, -0.1) is 0 Å². The second-order valence-corrected chi connectivity index (χ2v) is 6.51. The van der Waals surface area contributed by atoms with Crippen molar-refractivity contribution in [3.63, 3.8) is 0 Å². The largest absolute Gasteiger partial charge is 0.473 e. The van der Waals surface area contributed by atoms with Gasteiger partial charge >= 0.3 is 6.03 Å². The summed E-state index contributed by atoms with van der Waals surface area (Å²) in [5.41, 5.74) is 1.49. The van der Waals surface area contributed by atoms with Crippen molar-refractivity contribution >= 4 is 21.7 Å². The zero-order valence-corrected chi connectivity index (χ0v) is 14.0. The molecule has 2 rings (SSSR count). The Hall–Kier alpha value is -2.58. The van der Waals surface area contributed by atoms with E-state index in [2.05, 4.69) is 10.6 Å². The number of rotatable bonds is 6. The molecule has 4 N–H and O–H groups in total. The van der Waals surface area contributed by atoms with E-state index in [4.69, 9.17) is 9.88 Å². The number of carbonyl (C=O) groups is 1. The Balaban J connectivity index is 1.85. The molecule has 0 saturated heterocycles. The predicted octanol–water partition coefficient (Wildman–Crippen LogP) is 2.05. The van der Waals surface area contributed by atoms with Crippen LogP contribution in [-0.2, 0) is 16.4 Å². The molecule has 0 aliphatic carbocycles. The first-order valence-corrected chi connectivity index (χ1v) is 8.83. The van der Waals surface area contributed by atoms with Crippen molar-refractivity contribution in [2.75, 3.05) is 12.0 Å². The van der Waals surface area contributed by atoms with Gasteiger partial charge in [-0.25, -0.2) is 18.4 Å². The van der Waals surface area contributed by atoms with Gasteiger partial charge in [-0.2, -0.15) is 0 Å². The van der Waals surface area contributed by atoms with E-state index in [0.29, 0.717) is 5.69 Å². The molecule has 7 nitrogen and oxygen atoms in total. The van der Waals surface area contributed by atoms with Crippen molar-refractivity contribution in [2.24, 2.45) is 5.14 Å². The Kier molecular flexibility index (Phi) is 5.78. The zero-order valence-electron chi connectivity index (χ0n) is 13.2. The van der Waals surface area contributed by atoms with Crippen LogP contribution < -0.4 is 20.5 Å². The molecule has 24 heavy (non-hydrogen) atoms. The Morgan fingerprint density at radius 1 is 1.12 bits per heavy atom. The molecule has 0 saturated carbocycles. The Morgan fingerprint density at radius 3 is 2.42 bits per heavy atom. The van der Waals surface area contributed by atoms with Crippen LogP contribution in [0.1, 0.15) is 12.5 Å². The van der Waals surface area contributed by atoms with Crippen molar-refractivity contribution in [2.45, 2.75) is 18.2 Å². The van der Waals surface area contributed by atoms with Crippen molar-refractivity contribution < 1.29 is 17.9 Å². The first kappa shape index (κ1) is 17.8. The number of ether oxygens (including phenoxy) is 1. The molecule has 0 heterocycles. The van der Waals surface area contributed by atoms with Gasteiger partial charge in [0.2, 0.25) is 10.0 Å². The Bertz CT molecular complexity index is 804. The Morgan fingerprint density at radius 2 is 1.79 bits per heavy atom. The number of urea groups is 1. The second-order valence-electron chi connectivity index (χ2n) is 4.95. The van der Waals surface area contributed by atoms with Crippen molar-refractivity contribution in [1.29, 1.82) is 0 Å². The van der Waals surface area contributed by atoms with Gasteiger partial charge in [0.05, 0.1) is 4.90 Å². The standard InChI is InChI=1S/C16H19N3O4S/c1-2-12-5-3-4-6-15(12)23-11-18-16(20)19-13-7-9-14(10-8-13)24(17,21)22/h3-10H,2,11H2,1H3,(H2,17,21,22)(H2,18,19,20). The normalized spacial score (nSPS) is 10.9. The van der Waals surface area contributed by atoms with Gasteiger partial charge in [0.1, 0.15) is 5.75 Å². The molecule has 128 valence electrons. The average molecular weight is 349 g/mol. The summed E-state index contributed by atoms with van der Waals surface area (Å²) in [5, 5.41) is 10.1. The minimum atomic E-state index is -3.75. The smallest absolute Gasteiger partial charge is 0.321 e. The fraction of sp³-hybridized carbons (Fsp3) is 0.188. The summed E-state index contributed by atoms with van der Waals surface area (Å²) in [4.78, 5) is 11.8. The van der Waals surface area contributed by atoms with Gasteiger partial charge in [0.25, 0.3) is 0 Å². The van der Waals surface area contributed by atoms with Crippen LogP contribution >= 0.6 is 0 Å². The van der Waals surface area contributed by atoms with Crippen LogP contribution in [0.15, 0.2) is 53.4 Å². The highest BCUT2D eigenvalue weighted by molar-refractivity contribution is 7.89. The minimum Gasteiger partial charge on any atom is -0.473 e. The molecule has 0 fully saturated rings. The van der Waals surface area contributed by atoms with E-state index in [0.717, 1.165) is 17.7 Å². The molecule has 0 spiro atoms. The van der Waals surface area contributed by atoms with Gasteiger partial charge in [-0.3, -0.25) is 0 Å². The third-order valence-corrected chi connectivity index (χ3v) is 4.18. The summed E-state index contributed by atoms with van der Waals surface area (Å²) < 4.78 is 27.8. The highest BCUT2D eigenvalue weighted by atomic mass is 32.2. The number of para-hydroxylation sites is 1. The van der Waals surface area contributed by atoms with E-state index < -0.39 is 16.1 Å². The van der Waals surface area contributed by atoms with Crippen molar-refractivity contribution in [3.05, 3.63) is 54.1 Å². The third-order valence-electron chi connectivity index (χ3n) is 3.25. The van der Waals surface area contributed by atoms with E-state index in [-0.39, 0.29) is 11.6 Å². The zero-order chi connectivity index (χ0) is 17.6. The van der Waals surface area contributed by atoms with Crippen LogP contribution in [0.5, 0.6) is 5.75 Å². The lowest BCUT2D eigenvalue weighted by Gasteiger charge is -2.12. The molecule has 0 bridgehead atoms. The van der Waals surface area contributed by atoms with Gasteiger partial charge < -0.3 is 15.4 Å². The summed E-state index contributed by atoms with van der Waals surface area (Å²) in [6.45, 7) is 2.03. The summed E-state index contributed by atoms with van der Waals surface area (Å²) in [6, 6.07) is 12.7. The molecule has 8 heteroatoms. The van der Waals surface area contributed by atoms with Gasteiger partial charge in [0, 0.05) is 5.69 Å². The molecule has 0 unspecified atom stereocenters.